The molecule has 1 unspecified atom stereocenters. The molecule has 1 atom stereocenters. The van der Waals surface area contributed by atoms with Gasteiger partial charge in [-0.3, -0.25) is 4.68 Å². The van der Waals surface area contributed by atoms with Crippen molar-refractivity contribution >= 4 is 0 Å². The fourth-order valence-electron chi connectivity index (χ4n) is 2.18. The lowest BCUT2D eigenvalue weighted by atomic mass is 9.96. The Morgan fingerprint density at radius 3 is 3.07 bits per heavy atom. The molecule has 0 spiro atoms. The van der Waals surface area contributed by atoms with E-state index in [0.29, 0.717) is 5.92 Å². The van der Waals surface area contributed by atoms with Gasteiger partial charge in [0.1, 0.15) is 0 Å². The first-order valence-electron chi connectivity index (χ1n) is 5.73. The minimum atomic E-state index is 0.0843. The van der Waals surface area contributed by atoms with E-state index in [2.05, 4.69) is 17.3 Å². The summed E-state index contributed by atoms with van der Waals surface area (Å²) in [5.41, 5.74) is 2.06. The fourth-order valence-corrected chi connectivity index (χ4v) is 2.18. The molecule has 0 amide bonds. The van der Waals surface area contributed by atoms with Crippen LogP contribution in [0.5, 0.6) is 0 Å². The highest BCUT2D eigenvalue weighted by Crippen LogP contribution is 2.22. The van der Waals surface area contributed by atoms with Gasteiger partial charge in [0.25, 0.3) is 0 Å². The van der Waals surface area contributed by atoms with Gasteiger partial charge in [0.2, 0.25) is 0 Å². The summed E-state index contributed by atoms with van der Waals surface area (Å²) in [6, 6.07) is 2.04. The third-order valence-electron chi connectivity index (χ3n) is 3.06. The molecule has 0 saturated carbocycles. The molecule has 0 bridgehead atoms. The van der Waals surface area contributed by atoms with Crippen molar-refractivity contribution in [3.05, 3.63) is 17.5 Å². The fraction of sp³-hybridized carbons (Fsp3) is 0.727. The van der Waals surface area contributed by atoms with E-state index in [1.807, 2.05) is 10.7 Å². The number of aromatic nitrogens is 2. The van der Waals surface area contributed by atoms with Crippen LogP contribution in [0.1, 0.15) is 37.1 Å². The zero-order valence-corrected chi connectivity index (χ0v) is 9.24. The quantitative estimate of drug-likeness (QED) is 0.776. The Morgan fingerprint density at radius 1 is 1.67 bits per heavy atom. The average Bonchev–Trinajstić information content (AvgIpc) is 2.73. The predicted octanol–water partition coefficient (Wildman–Crippen LogP) is 0.862. The number of nitrogens with one attached hydrogen (secondary N) is 1. The number of nitrogens with zero attached hydrogens (tertiary/aromatic N) is 2. The summed E-state index contributed by atoms with van der Waals surface area (Å²) in [5.74, 6) is 0.525. The molecule has 15 heavy (non-hydrogen) atoms. The van der Waals surface area contributed by atoms with E-state index in [1.54, 1.807) is 0 Å². The Balaban J connectivity index is 2.16. The molecule has 1 saturated heterocycles. The molecule has 4 heteroatoms. The molecule has 0 aliphatic carbocycles. The summed E-state index contributed by atoms with van der Waals surface area (Å²) in [5, 5.41) is 17.1. The molecule has 0 radical (unpaired) electrons. The van der Waals surface area contributed by atoms with Gasteiger partial charge in [-0.1, -0.05) is 0 Å². The van der Waals surface area contributed by atoms with Gasteiger partial charge in [0, 0.05) is 19.0 Å². The minimum Gasteiger partial charge on any atom is -0.390 e. The molecule has 2 heterocycles. The van der Waals surface area contributed by atoms with Crippen LogP contribution in [0.2, 0.25) is 0 Å². The Labute approximate surface area is 90.3 Å². The van der Waals surface area contributed by atoms with E-state index in [0.717, 1.165) is 31.0 Å². The normalized spacial score (nSPS) is 21.9. The SMILES string of the molecule is CCn1nc(C2CCCNC2)cc1CO. The van der Waals surface area contributed by atoms with Gasteiger partial charge in [-0.25, -0.2) is 0 Å². The summed E-state index contributed by atoms with van der Waals surface area (Å²) in [7, 11) is 0. The third-order valence-corrected chi connectivity index (χ3v) is 3.06. The molecular weight excluding hydrogens is 190 g/mol. The predicted molar refractivity (Wildman–Crippen MR) is 58.7 cm³/mol. The number of hydrogen-bond donors (Lipinski definition) is 2. The first-order valence-corrected chi connectivity index (χ1v) is 5.73. The van der Waals surface area contributed by atoms with Crippen LogP contribution >= 0.6 is 0 Å². The van der Waals surface area contributed by atoms with Crippen LogP contribution in [-0.2, 0) is 13.2 Å². The second kappa shape index (κ2) is 4.77. The molecule has 0 aromatic carbocycles. The van der Waals surface area contributed by atoms with Gasteiger partial charge >= 0.3 is 0 Å². The molecule has 1 aromatic rings. The van der Waals surface area contributed by atoms with E-state index < -0.39 is 0 Å². The van der Waals surface area contributed by atoms with Crippen molar-refractivity contribution in [1.29, 1.82) is 0 Å². The van der Waals surface area contributed by atoms with Crippen molar-refractivity contribution in [3.63, 3.8) is 0 Å². The molecule has 84 valence electrons. The van der Waals surface area contributed by atoms with Crippen LogP contribution in [0.3, 0.4) is 0 Å². The van der Waals surface area contributed by atoms with Gasteiger partial charge in [-0.2, -0.15) is 5.10 Å². The molecule has 2 N–H and O–H groups in total. The number of rotatable bonds is 3. The zero-order chi connectivity index (χ0) is 10.7. The van der Waals surface area contributed by atoms with Gasteiger partial charge in [-0.15, -0.1) is 0 Å². The van der Waals surface area contributed by atoms with E-state index in [9.17, 15) is 5.11 Å². The van der Waals surface area contributed by atoms with Gasteiger partial charge < -0.3 is 10.4 Å². The molecule has 1 fully saturated rings. The standard InChI is InChI=1S/C11H19N3O/c1-2-14-10(8-15)6-11(13-14)9-4-3-5-12-7-9/h6,9,12,15H,2-5,7-8H2,1H3. The molecule has 4 nitrogen and oxygen atoms in total. The summed E-state index contributed by atoms with van der Waals surface area (Å²) < 4.78 is 1.89. The maximum atomic E-state index is 9.18. The number of hydrogen-bond acceptors (Lipinski definition) is 3. The molecule has 1 aromatic heterocycles. The zero-order valence-electron chi connectivity index (χ0n) is 9.24. The number of aliphatic hydroxyl groups excluding tert-OH is 1. The van der Waals surface area contributed by atoms with Crippen LogP contribution in [0, 0.1) is 0 Å². The average molecular weight is 209 g/mol. The summed E-state index contributed by atoms with van der Waals surface area (Å²) in [6.45, 7) is 5.11. The van der Waals surface area contributed by atoms with E-state index in [4.69, 9.17) is 0 Å². The number of aliphatic hydroxyl groups is 1. The van der Waals surface area contributed by atoms with E-state index in [1.165, 1.54) is 12.8 Å². The van der Waals surface area contributed by atoms with Crippen LogP contribution in [-0.4, -0.2) is 28.0 Å². The third kappa shape index (κ3) is 2.21. The van der Waals surface area contributed by atoms with Crippen LogP contribution in [0.15, 0.2) is 6.07 Å². The van der Waals surface area contributed by atoms with Crippen molar-refractivity contribution in [2.75, 3.05) is 13.1 Å². The number of piperidine rings is 1. The summed E-state index contributed by atoms with van der Waals surface area (Å²) in [6.07, 6.45) is 2.43. The Bertz CT molecular complexity index is 294. The summed E-state index contributed by atoms with van der Waals surface area (Å²) >= 11 is 0. The van der Waals surface area contributed by atoms with Crippen LogP contribution in [0.25, 0.3) is 0 Å². The van der Waals surface area contributed by atoms with Crippen molar-refractivity contribution in [1.82, 2.24) is 15.1 Å². The largest absolute Gasteiger partial charge is 0.390 e. The Kier molecular flexibility index (Phi) is 3.38. The monoisotopic (exact) mass is 209 g/mol. The molecular formula is C11H19N3O. The maximum Gasteiger partial charge on any atom is 0.0849 e. The highest BCUT2D eigenvalue weighted by molar-refractivity contribution is 5.15. The van der Waals surface area contributed by atoms with Gasteiger partial charge in [-0.05, 0) is 32.4 Å². The first-order chi connectivity index (χ1) is 7.35. The number of aryl methyl sites for hydroxylation is 1. The minimum absolute atomic E-state index is 0.0843. The van der Waals surface area contributed by atoms with E-state index >= 15 is 0 Å². The van der Waals surface area contributed by atoms with Crippen molar-refractivity contribution in [2.45, 2.75) is 38.8 Å². The second-order valence-electron chi connectivity index (χ2n) is 4.08. The molecule has 2 rings (SSSR count). The van der Waals surface area contributed by atoms with Crippen LogP contribution < -0.4 is 5.32 Å². The van der Waals surface area contributed by atoms with E-state index in [-0.39, 0.29) is 6.61 Å². The molecule has 1 aliphatic heterocycles. The lowest BCUT2D eigenvalue weighted by molar-refractivity contribution is 0.268. The highest BCUT2D eigenvalue weighted by Gasteiger charge is 2.18. The van der Waals surface area contributed by atoms with Crippen molar-refractivity contribution < 1.29 is 5.11 Å². The smallest absolute Gasteiger partial charge is 0.0849 e. The van der Waals surface area contributed by atoms with Gasteiger partial charge in [0.05, 0.1) is 18.0 Å². The maximum absolute atomic E-state index is 9.18. The topological polar surface area (TPSA) is 50.1 Å². The van der Waals surface area contributed by atoms with Crippen LogP contribution in [0.4, 0.5) is 0 Å². The van der Waals surface area contributed by atoms with Crippen molar-refractivity contribution in [3.8, 4) is 0 Å². The lowest BCUT2D eigenvalue weighted by Crippen LogP contribution is -2.28. The first kappa shape index (κ1) is 10.6. The highest BCUT2D eigenvalue weighted by atomic mass is 16.3. The Morgan fingerprint density at radius 2 is 2.53 bits per heavy atom. The van der Waals surface area contributed by atoms with Crippen molar-refractivity contribution in [2.24, 2.45) is 0 Å². The van der Waals surface area contributed by atoms with Gasteiger partial charge in [0.15, 0.2) is 0 Å². The second-order valence-corrected chi connectivity index (χ2v) is 4.08. The lowest BCUT2D eigenvalue weighted by Gasteiger charge is -2.20. The summed E-state index contributed by atoms with van der Waals surface area (Å²) in [4.78, 5) is 0. The molecule has 1 aliphatic rings. The Hall–Kier alpha value is -0.870.